The number of nitrogens with zero attached hydrogens (tertiary/aromatic N) is 1. The van der Waals surface area contributed by atoms with Crippen LogP contribution < -0.4 is 19.7 Å². The van der Waals surface area contributed by atoms with E-state index in [1.807, 2.05) is 63.2 Å². The first-order valence-corrected chi connectivity index (χ1v) is 10.8. The van der Waals surface area contributed by atoms with Crippen molar-refractivity contribution in [1.82, 2.24) is 5.32 Å². The van der Waals surface area contributed by atoms with Crippen LogP contribution in [0.5, 0.6) is 11.5 Å². The van der Waals surface area contributed by atoms with E-state index in [0.717, 1.165) is 23.2 Å². The van der Waals surface area contributed by atoms with Crippen molar-refractivity contribution in [3.63, 3.8) is 0 Å². The van der Waals surface area contributed by atoms with Gasteiger partial charge in [-0.2, -0.15) is 0 Å². The average Bonchev–Trinajstić information content (AvgIpc) is 2.78. The molecule has 0 aromatic heterocycles. The van der Waals surface area contributed by atoms with Crippen LogP contribution in [0.15, 0.2) is 42.5 Å². The molecule has 0 bridgehead atoms. The third-order valence-electron chi connectivity index (χ3n) is 6.00. The normalized spacial score (nSPS) is 19.6. The number of benzene rings is 2. The maximum atomic E-state index is 13.3. The standard InChI is InChI=1S/C25H32N2O4/c1-6-17(3)26-25(29)20-12-14-23(28)27(19-10-7-16(2)8-11-19)24(20)18-9-13-21(30-4)22(15-18)31-5/h7-11,13,15,17,20,24H,6,12,14H2,1-5H3,(H,26,29)/t17-,20+,24-/m1/s1. The highest BCUT2D eigenvalue weighted by Gasteiger charge is 2.42. The number of nitrogens with one attached hydrogen (secondary N) is 1. The highest BCUT2D eigenvalue weighted by Crippen LogP contribution is 2.42. The summed E-state index contributed by atoms with van der Waals surface area (Å²) in [6.07, 6.45) is 1.68. The summed E-state index contributed by atoms with van der Waals surface area (Å²) in [4.78, 5) is 28.2. The maximum Gasteiger partial charge on any atom is 0.227 e. The molecule has 1 aliphatic heterocycles. The number of rotatable bonds is 7. The third-order valence-corrected chi connectivity index (χ3v) is 6.00. The molecule has 31 heavy (non-hydrogen) atoms. The second kappa shape index (κ2) is 9.86. The first-order valence-electron chi connectivity index (χ1n) is 10.8. The summed E-state index contributed by atoms with van der Waals surface area (Å²) in [5, 5.41) is 3.11. The zero-order chi connectivity index (χ0) is 22.5. The third kappa shape index (κ3) is 4.84. The first kappa shape index (κ1) is 22.7. The van der Waals surface area contributed by atoms with Gasteiger partial charge in [-0.25, -0.2) is 0 Å². The lowest BCUT2D eigenvalue weighted by molar-refractivity contribution is -0.129. The Balaban J connectivity index is 2.10. The van der Waals surface area contributed by atoms with Crippen molar-refractivity contribution in [2.45, 2.75) is 52.1 Å². The van der Waals surface area contributed by atoms with E-state index in [9.17, 15) is 9.59 Å². The lowest BCUT2D eigenvalue weighted by Crippen LogP contribution is -2.49. The number of hydrogen-bond donors (Lipinski definition) is 1. The Labute approximate surface area is 184 Å². The smallest absolute Gasteiger partial charge is 0.227 e. The van der Waals surface area contributed by atoms with E-state index >= 15 is 0 Å². The molecule has 1 N–H and O–H groups in total. The lowest BCUT2D eigenvalue weighted by atomic mass is 9.82. The van der Waals surface area contributed by atoms with Crippen LogP contribution in [0.3, 0.4) is 0 Å². The minimum absolute atomic E-state index is 0.0104. The van der Waals surface area contributed by atoms with E-state index in [2.05, 4.69) is 5.32 Å². The Morgan fingerprint density at radius 1 is 1.13 bits per heavy atom. The predicted octanol–water partition coefficient (Wildman–Crippen LogP) is 4.41. The number of methoxy groups -OCH3 is 2. The molecule has 3 atom stereocenters. The number of anilines is 1. The highest BCUT2D eigenvalue weighted by molar-refractivity contribution is 5.97. The number of hydrogen-bond acceptors (Lipinski definition) is 4. The molecule has 2 aromatic rings. The molecule has 3 rings (SSSR count). The van der Waals surface area contributed by atoms with Gasteiger partial charge in [0.25, 0.3) is 0 Å². The van der Waals surface area contributed by atoms with Crippen LogP contribution in [0.1, 0.15) is 50.3 Å². The summed E-state index contributed by atoms with van der Waals surface area (Å²) >= 11 is 0. The van der Waals surface area contributed by atoms with E-state index in [-0.39, 0.29) is 23.8 Å². The van der Waals surface area contributed by atoms with Gasteiger partial charge in [0.05, 0.1) is 26.2 Å². The second-order valence-electron chi connectivity index (χ2n) is 8.12. The molecule has 0 radical (unpaired) electrons. The molecule has 6 heteroatoms. The van der Waals surface area contributed by atoms with Crippen LogP contribution >= 0.6 is 0 Å². The van der Waals surface area contributed by atoms with Crippen LogP contribution in [0.2, 0.25) is 0 Å². The fourth-order valence-electron chi connectivity index (χ4n) is 4.05. The Bertz CT molecular complexity index is 926. The van der Waals surface area contributed by atoms with Gasteiger partial charge in [-0.3, -0.25) is 9.59 Å². The summed E-state index contributed by atoms with van der Waals surface area (Å²) in [7, 11) is 3.17. The maximum absolute atomic E-state index is 13.3. The zero-order valence-corrected chi connectivity index (χ0v) is 19.0. The Hall–Kier alpha value is -3.02. The van der Waals surface area contributed by atoms with Crippen molar-refractivity contribution in [3.05, 3.63) is 53.6 Å². The molecule has 0 spiro atoms. The van der Waals surface area contributed by atoms with Gasteiger partial charge in [-0.05, 0) is 56.5 Å². The first-order chi connectivity index (χ1) is 14.9. The number of carbonyl (C=O) groups excluding carboxylic acids is 2. The van der Waals surface area contributed by atoms with Gasteiger partial charge in [0.1, 0.15) is 0 Å². The van der Waals surface area contributed by atoms with Crippen LogP contribution in [0.25, 0.3) is 0 Å². The van der Waals surface area contributed by atoms with Crippen LogP contribution in [0.4, 0.5) is 5.69 Å². The van der Waals surface area contributed by atoms with Crippen molar-refractivity contribution in [3.8, 4) is 11.5 Å². The van der Waals surface area contributed by atoms with Gasteiger partial charge in [0.2, 0.25) is 11.8 Å². The number of piperidine rings is 1. The van der Waals surface area contributed by atoms with Gasteiger partial charge in [0, 0.05) is 18.2 Å². The van der Waals surface area contributed by atoms with Crippen molar-refractivity contribution in [1.29, 1.82) is 0 Å². The topological polar surface area (TPSA) is 67.9 Å². The molecule has 0 unspecified atom stereocenters. The number of ether oxygens (including phenoxy) is 2. The van der Waals surface area contributed by atoms with Crippen LogP contribution in [-0.2, 0) is 9.59 Å². The molecular formula is C25H32N2O4. The Morgan fingerprint density at radius 2 is 1.81 bits per heavy atom. The molecule has 6 nitrogen and oxygen atoms in total. The summed E-state index contributed by atoms with van der Waals surface area (Å²) in [5.41, 5.74) is 2.74. The SMILES string of the molecule is CC[C@@H](C)NC(=O)[C@H]1CCC(=O)N(c2ccc(C)cc2)[C@@H]1c1ccc(OC)c(OC)c1. The second-order valence-corrected chi connectivity index (χ2v) is 8.12. The molecule has 1 saturated heterocycles. The van der Waals surface area contributed by atoms with Crippen LogP contribution in [0, 0.1) is 12.8 Å². The molecule has 1 aliphatic rings. The predicted molar refractivity (Wildman–Crippen MR) is 122 cm³/mol. The van der Waals surface area contributed by atoms with Crippen molar-refractivity contribution >= 4 is 17.5 Å². The molecule has 0 aliphatic carbocycles. The molecule has 2 amide bonds. The van der Waals surface area contributed by atoms with Gasteiger partial charge in [-0.15, -0.1) is 0 Å². The van der Waals surface area contributed by atoms with Gasteiger partial charge >= 0.3 is 0 Å². The molecule has 2 aromatic carbocycles. The summed E-state index contributed by atoms with van der Waals surface area (Å²) in [6, 6.07) is 13.1. The fourth-order valence-corrected chi connectivity index (χ4v) is 4.05. The Morgan fingerprint density at radius 3 is 2.42 bits per heavy atom. The monoisotopic (exact) mass is 424 g/mol. The highest BCUT2D eigenvalue weighted by atomic mass is 16.5. The molecule has 0 saturated carbocycles. The van der Waals surface area contributed by atoms with E-state index in [0.29, 0.717) is 24.3 Å². The number of amides is 2. The number of aryl methyl sites for hydroxylation is 1. The van der Waals surface area contributed by atoms with E-state index in [1.165, 1.54) is 0 Å². The van der Waals surface area contributed by atoms with E-state index < -0.39 is 6.04 Å². The lowest BCUT2D eigenvalue weighted by Gasteiger charge is -2.41. The average molecular weight is 425 g/mol. The summed E-state index contributed by atoms with van der Waals surface area (Å²) in [6.45, 7) is 6.05. The van der Waals surface area contributed by atoms with Gasteiger partial charge < -0.3 is 19.7 Å². The number of carbonyl (C=O) groups is 2. The van der Waals surface area contributed by atoms with Gasteiger partial charge in [-0.1, -0.05) is 30.7 Å². The molecular weight excluding hydrogens is 392 g/mol. The van der Waals surface area contributed by atoms with E-state index in [4.69, 9.17) is 9.47 Å². The minimum Gasteiger partial charge on any atom is -0.493 e. The van der Waals surface area contributed by atoms with Gasteiger partial charge in [0.15, 0.2) is 11.5 Å². The Kier molecular flexibility index (Phi) is 7.21. The van der Waals surface area contributed by atoms with E-state index in [1.54, 1.807) is 19.1 Å². The summed E-state index contributed by atoms with van der Waals surface area (Å²) < 4.78 is 10.9. The van der Waals surface area contributed by atoms with Crippen molar-refractivity contribution < 1.29 is 19.1 Å². The summed E-state index contributed by atoms with van der Waals surface area (Å²) in [5.74, 6) is 0.792. The van der Waals surface area contributed by atoms with Crippen LogP contribution in [-0.4, -0.2) is 32.1 Å². The van der Waals surface area contributed by atoms with Crippen molar-refractivity contribution in [2.24, 2.45) is 5.92 Å². The minimum atomic E-state index is -0.437. The quantitative estimate of drug-likeness (QED) is 0.715. The van der Waals surface area contributed by atoms with Crippen molar-refractivity contribution in [2.75, 3.05) is 19.1 Å². The molecule has 1 fully saturated rings. The fraction of sp³-hybridized carbons (Fsp3) is 0.440. The molecule has 166 valence electrons. The zero-order valence-electron chi connectivity index (χ0n) is 19.0. The largest absolute Gasteiger partial charge is 0.493 e. The molecule has 1 heterocycles.